The number of esters is 2. The fourth-order valence-electron chi connectivity index (χ4n) is 3.29. The molecule has 2 aromatic rings. The lowest BCUT2D eigenvalue weighted by molar-refractivity contribution is -0.159. The molecule has 0 bridgehead atoms. The lowest BCUT2D eigenvalue weighted by atomic mass is 9.83. The smallest absolute Gasteiger partial charge is 0.320 e. The number of carbonyl (C=O) groups excluding carboxylic acids is 3. The summed E-state index contributed by atoms with van der Waals surface area (Å²) in [6.45, 7) is 1.88. The third-order valence-electron chi connectivity index (χ3n) is 4.96. The second kappa shape index (κ2) is 10.4. The largest absolute Gasteiger partial charge is 0.497 e. The van der Waals surface area contributed by atoms with Gasteiger partial charge in [0, 0.05) is 12.0 Å². The summed E-state index contributed by atoms with van der Waals surface area (Å²) in [6.07, 6.45) is 0.241. The second-order valence-electron chi connectivity index (χ2n) is 6.75. The molecule has 1 atom stereocenters. The number of hydrogen-bond acceptors (Lipinski definition) is 6. The number of methoxy groups -OCH3 is 3. The first-order valence-corrected chi connectivity index (χ1v) is 9.29. The van der Waals surface area contributed by atoms with Gasteiger partial charge in [-0.15, -0.1) is 0 Å². The van der Waals surface area contributed by atoms with Crippen LogP contribution in [-0.2, 0) is 19.1 Å². The van der Waals surface area contributed by atoms with E-state index in [-0.39, 0.29) is 24.5 Å². The third kappa shape index (κ3) is 5.67. The summed E-state index contributed by atoms with van der Waals surface area (Å²) in [5.41, 5.74) is 2.33. The van der Waals surface area contributed by atoms with Gasteiger partial charge in [-0.25, -0.2) is 0 Å². The number of benzene rings is 2. The average molecular weight is 398 g/mol. The molecular weight excluding hydrogens is 372 g/mol. The monoisotopic (exact) mass is 398 g/mol. The minimum atomic E-state index is -1.11. The Morgan fingerprint density at radius 1 is 0.862 bits per heavy atom. The Labute approximate surface area is 170 Å². The van der Waals surface area contributed by atoms with E-state index in [1.807, 2.05) is 37.3 Å². The fraction of sp³-hybridized carbons (Fsp3) is 0.348. The molecule has 0 aromatic heterocycles. The molecule has 0 fully saturated rings. The molecule has 0 amide bonds. The summed E-state index contributed by atoms with van der Waals surface area (Å²) in [6, 6.07) is 14.6. The van der Waals surface area contributed by atoms with Gasteiger partial charge in [-0.1, -0.05) is 36.4 Å². The minimum Gasteiger partial charge on any atom is -0.497 e. The van der Waals surface area contributed by atoms with Crippen LogP contribution in [-0.4, -0.2) is 39.1 Å². The highest BCUT2D eigenvalue weighted by Gasteiger charge is 2.33. The molecule has 2 rings (SSSR count). The molecule has 0 aliphatic rings. The number of aryl methyl sites for hydroxylation is 1. The molecule has 0 spiro atoms. The summed E-state index contributed by atoms with van der Waals surface area (Å²) in [4.78, 5) is 37.3. The van der Waals surface area contributed by atoms with Crippen LogP contribution < -0.4 is 4.74 Å². The van der Waals surface area contributed by atoms with E-state index in [2.05, 4.69) is 0 Å². The van der Waals surface area contributed by atoms with Gasteiger partial charge in [0.25, 0.3) is 0 Å². The van der Waals surface area contributed by atoms with E-state index in [4.69, 9.17) is 14.2 Å². The number of Topliss-reactive ketones (excluding diaryl/α,β-unsaturated/α-hetero) is 1. The van der Waals surface area contributed by atoms with Crippen LogP contribution in [0.4, 0.5) is 0 Å². The van der Waals surface area contributed by atoms with E-state index in [0.717, 1.165) is 11.1 Å². The van der Waals surface area contributed by atoms with Crippen LogP contribution in [0.25, 0.3) is 0 Å². The zero-order valence-corrected chi connectivity index (χ0v) is 17.1. The first-order valence-electron chi connectivity index (χ1n) is 9.29. The quantitative estimate of drug-likeness (QED) is 0.364. The molecule has 2 aromatic carbocycles. The number of rotatable bonds is 9. The first kappa shape index (κ1) is 22.1. The Hall–Kier alpha value is -3.15. The van der Waals surface area contributed by atoms with Crippen molar-refractivity contribution in [2.24, 2.45) is 5.92 Å². The van der Waals surface area contributed by atoms with E-state index in [0.29, 0.717) is 11.3 Å². The van der Waals surface area contributed by atoms with Crippen molar-refractivity contribution in [2.75, 3.05) is 21.3 Å². The highest BCUT2D eigenvalue weighted by Crippen LogP contribution is 2.31. The van der Waals surface area contributed by atoms with Crippen molar-refractivity contribution in [1.82, 2.24) is 0 Å². The van der Waals surface area contributed by atoms with Crippen LogP contribution in [0.5, 0.6) is 5.75 Å². The van der Waals surface area contributed by atoms with Crippen LogP contribution in [0, 0.1) is 12.8 Å². The summed E-state index contributed by atoms with van der Waals surface area (Å²) in [7, 11) is 4.01. The first-order chi connectivity index (χ1) is 13.9. The van der Waals surface area contributed by atoms with Gasteiger partial charge in [-0.3, -0.25) is 14.4 Å². The number of hydrogen-bond donors (Lipinski definition) is 0. The van der Waals surface area contributed by atoms with E-state index in [9.17, 15) is 14.4 Å². The maximum absolute atomic E-state index is 13.0. The van der Waals surface area contributed by atoms with Crippen LogP contribution in [0.2, 0.25) is 0 Å². The lowest BCUT2D eigenvalue weighted by Gasteiger charge is -2.21. The molecule has 6 heteroatoms. The maximum atomic E-state index is 13.0. The van der Waals surface area contributed by atoms with Crippen molar-refractivity contribution in [3.63, 3.8) is 0 Å². The molecule has 0 saturated carbocycles. The molecule has 6 nitrogen and oxygen atoms in total. The van der Waals surface area contributed by atoms with E-state index in [1.54, 1.807) is 25.3 Å². The summed E-state index contributed by atoms with van der Waals surface area (Å²) < 4.78 is 14.7. The zero-order chi connectivity index (χ0) is 21.4. The predicted molar refractivity (Wildman–Crippen MR) is 108 cm³/mol. The van der Waals surface area contributed by atoms with Gasteiger partial charge in [0.05, 0.1) is 21.3 Å². The molecule has 0 heterocycles. The highest BCUT2D eigenvalue weighted by atomic mass is 16.5. The number of ketones is 1. The van der Waals surface area contributed by atoms with Gasteiger partial charge in [0.15, 0.2) is 11.7 Å². The van der Waals surface area contributed by atoms with E-state index < -0.39 is 17.9 Å². The van der Waals surface area contributed by atoms with Gasteiger partial charge in [0.2, 0.25) is 0 Å². The van der Waals surface area contributed by atoms with Gasteiger partial charge in [0.1, 0.15) is 5.75 Å². The second-order valence-corrected chi connectivity index (χ2v) is 6.75. The molecule has 0 aliphatic carbocycles. The molecule has 1 unspecified atom stereocenters. The van der Waals surface area contributed by atoms with Crippen molar-refractivity contribution in [3.05, 3.63) is 65.2 Å². The van der Waals surface area contributed by atoms with Crippen LogP contribution in [0.15, 0.2) is 48.5 Å². The predicted octanol–water partition coefficient (Wildman–Crippen LogP) is 3.71. The van der Waals surface area contributed by atoms with Crippen molar-refractivity contribution in [2.45, 2.75) is 25.7 Å². The summed E-state index contributed by atoms with van der Waals surface area (Å²) in [5, 5.41) is 0. The Morgan fingerprint density at radius 3 is 1.97 bits per heavy atom. The summed E-state index contributed by atoms with van der Waals surface area (Å²) >= 11 is 0. The molecule has 0 aliphatic heterocycles. The normalized spacial score (nSPS) is 11.6. The third-order valence-corrected chi connectivity index (χ3v) is 4.96. The van der Waals surface area contributed by atoms with Crippen molar-refractivity contribution >= 4 is 17.7 Å². The Kier molecular flexibility index (Phi) is 7.95. The molecule has 0 N–H and O–H groups in total. The molecular formula is C23H26O6. The van der Waals surface area contributed by atoms with E-state index >= 15 is 0 Å². The van der Waals surface area contributed by atoms with Gasteiger partial charge >= 0.3 is 11.9 Å². The van der Waals surface area contributed by atoms with Crippen LogP contribution in [0.3, 0.4) is 0 Å². The fourth-order valence-corrected chi connectivity index (χ4v) is 3.29. The van der Waals surface area contributed by atoms with Crippen molar-refractivity contribution < 1.29 is 28.6 Å². The SMILES string of the molecule is COC(=O)C(CC(CC(=O)c1ccccc1C)c1ccc(OC)cc1)C(=O)OC. The maximum Gasteiger partial charge on any atom is 0.320 e. The number of ether oxygens (including phenoxy) is 3. The Balaban J connectivity index is 2.36. The van der Waals surface area contributed by atoms with Crippen LogP contribution in [0.1, 0.15) is 40.2 Å². The van der Waals surface area contributed by atoms with Gasteiger partial charge in [-0.05, 0) is 42.5 Å². The molecule has 0 radical (unpaired) electrons. The van der Waals surface area contributed by atoms with Crippen molar-refractivity contribution in [1.29, 1.82) is 0 Å². The number of carbonyl (C=O) groups is 3. The van der Waals surface area contributed by atoms with E-state index in [1.165, 1.54) is 14.2 Å². The molecule has 0 saturated heterocycles. The Morgan fingerprint density at radius 2 is 1.45 bits per heavy atom. The van der Waals surface area contributed by atoms with Gasteiger partial charge < -0.3 is 14.2 Å². The lowest BCUT2D eigenvalue weighted by Crippen LogP contribution is -2.29. The minimum absolute atomic E-state index is 0.0580. The summed E-state index contributed by atoms with van der Waals surface area (Å²) in [5.74, 6) is -2.23. The average Bonchev–Trinajstić information content (AvgIpc) is 2.75. The Bertz CT molecular complexity index is 840. The molecule has 29 heavy (non-hydrogen) atoms. The zero-order valence-electron chi connectivity index (χ0n) is 17.1. The van der Waals surface area contributed by atoms with Crippen LogP contribution >= 0.6 is 0 Å². The van der Waals surface area contributed by atoms with Gasteiger partial charge in [-0.2, -0.15) is 0 Å². The highest BCUT2D eigenvalue weighted by molar-refractivity contribution is 5.98. The molecule has 154 valence electrons. The van der Waals surface area contributed by atoms with Crippen molar-refractivity contribution in [3.8, 4) is 5.75 Å². The topological polar surface area (TPSA) is 78.9 Å². The standard InChI is InChI=1S/C23H26O6/c1-15-7-5-6-8-19(15)21(24)14-17(16-9-11-18(27-2)12-10-16)13-20(22(25)28-3)23(26)29-4/h5-12,17,20H,13-14H2,1-4H3.